The predicted molar refractivity (Wildman–Crippen MR) is 63.0 cm³/mol. The number of rotatable bonds is 2. The normalized spacial score (nSPS) is 10.6. The van der Waals surface area contributed by atoms with Crippen molar-refractivity contribution >= 4 is 27.5 Å². The van der Waals surface area contributed by atoms with Gasteiger partial charge in [0.1, 0.15) is 4.60 Å². The van der Waals surface area contributed by atoms with E-state index in [0.717, 1.165) is 20.9 Å². The van der Waals surface area contributed by atoms with Gasteiger partial charge < -0.3 is 0 Å². The van der Waals surface area contributed by atoms with Crippen LogP contribution < -0.4 is 0 Å². The molecule has 0 saturated carbocycles. The van der Waals surface area contributed by atoms with Gasteiger partial charge in [-0.15, -0.1) is 5.10 Å². The van der Waals surface area contributed by atoms with Crippen molar-refractivity contribution in [3.05, 3.63) is 45.1 Å². The molecule has 2 rings (SSSR count). The van der Waals surface area contributed by atoms with E-state index in [2.05, 4.69) is 26.2 Å². The molecule has 1 aromatic carbocycles. The fraction of sp³-hybridized carbons (Fsp3) is 0.200. The van der Waals surface area contributed by atoms with Crippen molar-refractivity contribution in [2.24, 2.45) is 0 Å². The summed E-state index contributed by atoms with van der Waals surface area (Å²) in [5.74, 6) is 0. The van der Waals surface area contributed by atoms with E-state index in [1.54, 1.807) is 4.68 Å². The van der Waals surface area contributed by atoms with Crippen LogP contribution in [0.15, 0.2) is 28.9 Å². The van der Waals surface area contributed by atoms with E-state index in [9.17, 15) is 0 Å². The van der Waals surface area contributed by atoms with Gasteiger partial charge in [-0.25, -0.2) is 4.68 Å². The van der Waals surface area contributed by atoms with Gasteiger partial charge in [0.2, 0.25) is 0 Å². The molecule has 1 heterocycles. The van der Waals surface area contributed by atoms with Crippen molar-refractivity contribution in [1.82, 2.24) is 15.0 Å². The van der Waals surface area contributed by atoms with E-state index in [0.29, 0.717) is 6.54 Å². The van der Waals surface area contributed by atoms with E-state index >= 15 is 0 Å². The van der Waals surface area contributed by atoms with Gasteiger partial charge in [-0.1, -0.05) is 28.9 Å². The molecule has 78 valence electrons. The smallest absolute Gasteiger partial charge is 0.127 e. The summed E-state index contributed by atoms with van der Waals surface area (Å²) >= 11 is 9.24. The first-order valence-corrected chi connectivity index (χ1v) is 5.64. The lowest BCUT2D eigenvalue weighted by molar-refractivity contribution is 0.638. The van der Waals surface area contributed by atoms with Crippen LogP contribution in [-0.2, 0) is 6.54 Å². The lowest BCUT2D eigenvalue weighted by Crippen LogP contribution is -2.02. The third kappa shape index (κ3) is 2.38. The Hall–Kier alpha value is -0.870. The van der Waals surface area contributed by atoms with Gasteiger partial charge in [-0.05, 0) is 40.5 Å². The fourth-order valence-electron chi connectivity index (χ4n) is 1.25. The Bertz CT molecular complexity index is 464. The summed E-state index contributed by atoms with van der Waals surface area (Å²) in [6.45, 7) is 2.61. The molecule has 0 atom stereocenters. The van der Waals surface area contributed by atoms with Gasteiger partial charge in [0.25, 0.3) is 0 Å². The summed E-state index contributed by atoms with van der Waals surface area (Å²) in [5, 5.41) is 8.73. The van der Waals surface area contributed by atoms with Gasteiger partial charge in [-0.3, -0.25) is 0 Å². The SMILES string of the molecule is Cc1nnn(Cc2ccc(Cl)cc2)c1Br. The number of hydrogen-bond acceptors (Lipinski definition) is 2. The monoisotopic (exact) mass is 285 g/mol. The molecule has 0 aliphatic heterocycles. The Morgan fingerprint density at radius 3 is 2.53 bits per heavy atom. The molecule has 0 unspecified atom stereocenters. The minimum absolute atomic E-state index is 0.693. The highest BCUT2D eigenvalue weighted by Gasteiger charge is 2.05. The van der Waals surface area contributed by atoms with Crippen LogP contribution in [0.1, 0.15) is 11.3 Å². The molecule has 1 aromatic heterocycles. The molecule has 15 heavy (non-hydrogen) atoms. The van der Waals surface area contributed by atoms with Crippen LogP contribution in [0.5, 0.6) is 0 Å². The zero-order valence-corrected chi connectivity index (χ0v) is 10.5. The molecule has 0 N–H and O–H groups in total. The average Bonchev–Trinajstić information content (AvgIpc) is 2.53. The van der Waals surface area contributed by atoms with Crippen molar-refractivity contribution in [2.75, 3.05) is 0 Å². The Balaban J connectivity index is 2.22. The van der Waals surface area contributed by atoms with Gasteiger partial charge in [0, 0.05) is 5.02 Å². The largest absolute Gasteiger partial charge is 0.234 e. The first-order chi connectivity index (χ1) is 7.16. The van der Waals surface area contributed by atoms with Crippen LogP contribution in [0.4, 0.5) is 0 Å². The Kier molecular flexibility index (Phi) is 3.07. The van der Waals surface area contributed by atoms with Gasteiger partial charge >= 0.3 is 0 Å². The molecule has 0 bridgehead atoms. The third-order valence-electron chi connectivity index (χ3n) is 2.07. The average molecular weight is 287 g/mol. The molecule has 5 heteroatoms. The first kappa shape index (κ1) is 10.6. The molecular formula is C10H9BrClN3. The maximum Gasteiger partial charge on any atom is 0.127 e. The highest BCUT2D eigenvalue weighted by Crippen LogP contribution is 2.15. The summed E-state index contributed by atoms with van der Waals surface area (Å²) in [7, 11) is 0. The van der Waals surface area contributed by atoms with Gasteiger partial charge in [0.15, 0.2) is 0 Å². The third-order valence-corrected chi connectivity index (χ3v) is 3.31. The topological polar surface area (TPSA) is 30.7 Å². The number of aromatic nitrogens is 3. The minimum Gasteiger partial charge on any atom is -0.234 e. The quantitative estimate of drug-likeness (QED) is 0.849. The molecule has 0 spiro atoms. The molecule has 0 amide bonds. The van der Waals surface area contributed by atoms with Crippen LogP contribution in [0, 0.1) is 6.92 Å². The summed E-state index contributed by atoms with van der Waals surface area (Å²) < 4.78 is 2.72. The van der Waals surface area contributed by atoms with E-state index in [4.69, 9.17) is 11.6 Å². The van der Waals surface area contributed by atoms with Crippen LogP contribution in [0.3, 0.4) is 0 Å². The summed E-state index contributed by atoms with van der Waals surface area (Å²) in [6.07, 6.45) is 0. The first-order valence-electron chi connectivity index (χ1n) is 4.47. The Morgan fingerprint density at radius 2 is 2.00 bits per heavy atom. The highest BCUT2D eigenvalue weighted by molar-refractivity contribution is 9.10. The maximum atomic E-state index is 5.81. The van der Waals surface area contributed by atoms with Crippen molar-refractivity contribution in [3.63, 3.8) is 0 Å². The van der Waals surface area contributed by atoms with Crippen LogP contribution in [0.2, 0.25) is 5.02 Å². The van der Waals surface area contributed by atoms with Gasteiger partial charge in [-0.2, -0.15) is 0 Å². The Labute approximate surface area is 101 Å². The number of hydrogen-bond donors (Lipinski definition) is 0. The standard InChI is InChI=1S/C10H9BrClN3/c1-7-10(11)15(14-13-7)6-8-2-4-9(12)5-3-8/h2-5H,6H2,1H3. The van der Waals surface area contributed by atoms with E-state index in [-0.39, 0.29) is 0 Å². The van der Waals surface area contributed by atoms with Crippen molar-refractivity contribution < 1.29 is 0 Å². The molecule has 3 nitrogen and oxygen atoms in total. The second-order valence-corrected chi connectivity index (χ2v) is 4.44. The van der Waals surface area contributed by atoms with E-state index in [1.807, 2.05) is 31.2 Å². The van der Waals surface area contributed by atoms with Crippen molar-refractivity contribution in [3.8, 4) is 0 Å². The molecule has 0 aliphatic rings. The number of benzene rings is 1. The molecule has 2 aromatic rings. The second-order valence-electron chi connectivity index (χ2n) is 3.25. The van der Waals surface area contributed by atoms with Crippen molar-refractivity contribution in [2.45, 2.75) is 13.5 Å². The fourth-order valence-corrected chi connectivity index (χ4v) is 1.65. The zero-order chi connectivity index (χ0) is 10.8. The zero-order valence-electron chi connectivity index (χ0n) is 8.11. The number of aryl methyl sites for hydroxylation is 1. The lowest BCUT2D eigenvalue weighted by atomic mass is 10.2. The molecule has 0 radical (unpaired) electrons. The lowest BCUT2D eigenvalue weighted by Gasteiger charge is -2.02. The minimum atomic E-state index is 0.693. The molecule has 0 saturated heterocycles. The van der Waals surface area contributed by atoms with Crippen LogP contribution in [-0.4, -0.2) is 15.0 Å². The van der Waals surface area contributed by atoms with E-state index in [1.165, 1.54) is 0 Å². The second kappa shape index (κ2) is 4.33. The Morgan fingerprint density at radius 1 is 1.33 bits per heavy atom. The molecule has 0 fully saturated rings. The maximum absolute atomic E-state index is 5.81. The van der Waals surface area contributed by atoms with Crippen LogP contribution in [0.25, 0.3) is 0 Å². The summed E-state index contributed by atoms with van der Waals surface area (Å²) in [5.41, 5.74) is 2.04. The molecular weight excluding hydrogens is 277 g/mol. The predicted octanol–water partition coefficient (Wildman–Crippen LogP) is 3.05. The molecule has 0 aliphatic carbocycles. The van der Waals surface area contributed by atoms with Crippen molar-refractivity contribution in [1.29, 1.82) is 0 Å². The number of nitrogens with zero attached hydrogens (tertiary/aromatic N) is 3. The summed E-state index contributed by atoms with van der Waals surface area (Å²) in [4.78, 5) is 0. The number of halogens is 2. The van der Waals surface area contributed by atoms with Crippen LogP contribution >= 0.6 is 27.5 Å². The van der Waals surface area contributed by atoms with Gasteiger partial charge in [0.05, 0.1) is 12.2 Å². The van der Waals surface area contributed by atoms with E-state index < -0.39 is 0 Å². The summed E-state index contributed by atoms with van der Waals surface area (Å²) in [6, 6.07) is 7.70. The highest BCUT2D eigenvalue weighted by atomic mass is 79.9.